The van der Waals surface area contributed by atoms with Crippen molar-refractivity contribution in [2.75, 3.05) is 32.9 Å². The molecule has 11 heteroatoms. The van der Waals surface area contributed by atoms with E-state index in [9.17, 15) is 14.0 Å². The summed E-state index contributed by atoms with van der Waals surface area (Å²) in [7, 11) is 2.89. The van der Waals surface area contributed by atoms with Gasteiger partial charge in [-0.1, -0.05) is 30.3 Å². The number of benzene rings is 4. The maximum absolute atomic E-state index is 13.7. The lowest BCUT2D eigenvalue weighted by Gasteiger charge is -2.40. The maximum atomic E-state index is 13.7. The molecule has 4 aromatic rings. The molecular weight excluding hydrogens is 597 g/mol. The number of anilines is 1. The molecular formula is C35H30FNO9. The molecule has 0 saturated carbocycles. The fraction of sp³-hybridized carbons (Fsp3) is 0.257. The summed E-state index contributed by atoms with van der Waals surface area (Å²) < 4.78 is 53.1. The summed E-state index contributed by atoms with van der Waals surface area (Å²) in [5.41, 5.74) is 3.85. The summed E-state index contributed by atoms with van der Waals surface area (Å²) >= 11 is 0. The molecule has 0 bridgehead atoms. The van der Waals surface area contributed by atoms with Crippen LogP contribution < -0.4 is 29.0 Å². The second-order valence-corrected chi connectivity index (χ2v) is 11.1. The Bertz CT molecular complexity index is 1750. The normalized spacial score (nSPS) is 20.6. The Morgan fingerprint density at radius 3 is 2.24 bits per heavy atom. The molecule has 0 amide bonds. The van der Waals surface area contributed by atoms with Crippen molar-refractivity contribution in [3.05, 3.63) is 107 Å². The van der Waals surface area contributed by atoms with E-state index in [0.717, 1.165) is 16.7 Å². The molecule has 4 aromatic carbocycles. The van der Waals surface area contributed by atoms with E-state index in [0.29, 0.717) is 22.7 Å². The van der Waals surface area contributed by atoms with E-state index < -0.39 is 18.0 Å². The Balaban J connectivity index is 1.28. The smallest absolute Gasteiger partial charge is 0.493 e. The molecule has 1 aliphatic carbocycles. The highest BCUT2D eigenvalue weighted by Gasteiger charge is 2.52. The van der Waals surface area contributed by atoms with Crippen LogP contribution in [0, 0.1) is 17.7 Å². The number of carbonyl (C=O) groups excluding carboxylic acids is 2. The summed E-state index contributed by atoms with van der Waals surface area (Å²) in [4.78, 5) is 26.2. The lowest BCUT2D eigenvalue weighted by molar-refractivity contribution is -0.141. The van der Waals surface area contributed by atoms with Gasteiger partial charge in [0.05, 0.1) is 32.8 Å². The first-order chi connectivity index (χ1) is 22.4. The van der Waals surface area contributed by atoms with Crippen LogP contribution in [-0.2, 0) is 20.9 Å². The minimum absolute atomic E-state index is 0.0235. The molecule has 10 nitrogen and oxygen atoms in total. The second kappa shape index (κ2) is 12.2. The number of methoxy groups -OCH3 is 2. The van der Waals surface area contributed by atoms with Gasteiger partial charge in [0.25, 0.3) is 0 Å². The minimum atomic E-state index is -0.932. The number of hydrogen-bond acceptors (Lipinski definition) is 10. The first kappa shape index (κ1) is 29.3. The lowest BCUT2D eigenvalue weighted by atomic mass is 9.65. The first-order valence-electron chi connectivity index (χ1n) is 14.7. The number of cyclic esters (lactones) is 1. The predicted octanol–water partition coefficient (Wildman–Crippen LogP) is 6.38. The molecule has 3 aliphatic rings. The van der Waals surface area contributed by atoms with Gasteiger partial charge in [0.2, 0.25) is 12.5 Å². The van der Waals surface area contributed by atoms with Crippen LogP contribution in [-0.4, -0.2) is 39.7 Å². The van der Waals surface area contributed by atoms with Crippen molar-refractivity contribution in [1.82, 2.24) is 0 Å². The van der Waals surface area contributed by atoms with Crippen molar-refractivity contribution in [2.45, 2.75) is 18.6 Å². The highest BCUT2D eigenvalue weighted by molar-refractivity contribution is 5.79. The van der Waals surface area contributed by atoms with Crippen LogP contribution in [0.5, 0.6) is 28.7 Å². The fourth-order valence-corrected chi connectivity index (χ4v) is 6.48. The number of ether oxygens (including phenoxy) is 7. The standard InChI is InChI=1S/C35H30FNO9/c1-40-28-12-20(13-29(41-2)33(28)46-35(39)43-16-19-6-4-3-5-7-19)30-23-14-26-27(45-18-44-26)15-24(23)32(25-17-42-34(38)31(25)30)37-22-10-8-21(36)9-11-22/h3-15,25,30-32,37H,16-18H2,1-2H3/t25-,30+,31-,32+/m0/s1. The van der Waals surface area contributed by atoms with E-state index in [4.69, 9.17) is 33.2 Å². The molecule has 0 spiro atoms. The quantitative estimate of drug-likeness (QED) is 0.175. The van der Waals surface area contributed by atoms with E-state index in [1.165, 1.54) is 26.4 Å². The molecule has 1 fully saturated rings. The van der Waals surface area contributed by atoms with Gasteiger partial charge in [-0.15, -0.1) is 0 Å². The highest BCUT2D eigenvalue weighted by Crippen LogP contribution is 2.56. The van der Waals surface area contributed by atoms with Gasteiger partial charge in [0, 0.05) is 17.5 Å². The highest BCUT2D eigenvalue weighted by atomic mass is 19.1. The molecule has 1 saturated heterocycles. The third kappa shape index (κ3) is 5.38. The largest absolute Gasteiger partial charge is 0.514 e. The topological polar surface area (TPSA) is 111 Å². The fourth-order valence-electron chi connectivity index (χ4n) is 6.48. The summed E-state index contributed by atoms with van der Waals surface area (Å²) in [6.07, 6.45) is -0.932. The number of hydrogen-bond donors (Lipinski definition) is 1. The van der Waals surface area contributed by atoms with Gasteiger partial charge < -0.3 is 38.5 Å². The van der Waals surface area contributed by atoms with Gasteiger partial charge in [-0.2, -0.15) is 0 Å². The van der Waals surface area contributed by atoms with Gasteiger partial charge >= 0.3 is 12.1 Å². The van der Waals surface area contributed by atoms with Gasteiger partial charge in [0.1, 0.15) is 12.4 Å². The zero-order valence-corrected chi connectivity index (χ0v) is 25.0. The van der Waals surface area contributed by atoms with Gasteiger partial charge in [-0.3, -0.25) is 4.79 Å². The van der Waals surface area contributed by atoms with Crippen molar-refractivity contribution < 1.29 is 47.1 Å². The Labute approximate surface area is 263 Å². The van der Waals surface area contributed by atoms with E-state index in [1.54, 1.807) is 24.3 Å². The summed E-state index contributed by atoms with van der Waals surface area (Å²) in [6, 6.07) is 22.2. The van der Waals surface area contributed by atoms with Crippen LogP contribution in [0.1, 0.15) is 34.2 Å². The van der Waals surface area contributed by atoms with Crippen LogP contribution in [0.4, 0.5) is 14.9 Å². The monoisotopic (exact) mass is 627 g/mol. The van der Waals surface area contributed by atoms with Crippen molar-refractivity contribution in [3.8, 4) is 28.7 Å². The predicted molar refractivity (Wildman–Crippen MR) is 162 cm³/mol. The van der Waals surface area contributed by atoms with Crippen LogP contribution in [0.25, 0.3) is 0 Å². The van der Waals surface area contributed by atoms with E-state index in [2.05, 4.69) is 5.32 Å². The molecule has 0 unspecified atom stereocenters. The van der Waals surface area contributed by atoms with Crippen molar-refractivity contribution >= 4 is 17.8 Å². The van der Waals surface area contributed by atoms with Crippen LogP contribution in [0.2, 0.25) is 0 Å². The average Bonchev–Trinajstić information content (AvgIpc) is 3.70. The minimum Gasteiger partial charge on any atom is -0.493 e. The molecule has 2 aliphatic heterocycles. The summed E-state index contributed by atoms with van der Waals surface area (Å²) in [5, 5.41) is 3.50. The molecule has 4 atom stereocenters. The van der Waals surface area contributed by atoms with Crippen LogP contribution in [0.3, 0.4) is 0 Å². The number of halogens is 1. The van der Waals surface area contributed by atoms with Crippen molar-refractivity contribution in [2.24, 2.45) is 11.8 Å². The van der Waals surface area contributed by atoms with E-state index in [1.807, 2.05) is 42.5 Å². The molecule has 0 radical (unpaired) electrons. The molecule has 1 N–H and O–H groups in total. The number of nitrogens with one attached hydrogen (secondary N) is 1. The van der Waals surface area contributed by atoms with Gasteiger partial charge in [-0.25, -0.2) is 9.18 Å². The number of esters is 1. The third-order valence-corrected chi connectivity index (χ3v) is 8.58. The van der Waals surface area contributed by atoms with Crippen molar-refractivity contribution in [1.29, 1.82) is 0 Å². The Hall–Kier alpha value is -5.45. The second-order valence-electron chi connectivity index (χ2n) is 11.1. The molecule has 0 aromatic heterocycles. The van der Waals surface area contributed by atoms with Gasteiger partial charge in [0.15, 0.2) is 23.0 Å². The maximum Gasteiger partial charge on any atom is 0.514 e. The van der Waals surface area contributed by atoms with E-state index >= 15 is 0 Å². The van der Waals surface area contributed by atoms with E-state index in [-0.39, 0.29) is 61.0 Å². The molecule has 46 heavy (non-hydrogen) atoms. The Kier molecular flexibility index (Phi) is 7.73. The summed E-state index contributed by atoms with van der Waals surface area (Å²) in [6.45, 7) is 0.271. The summed E-state index contributed by atoms with van der Waals surface area (Å²) in [5.74, 6) is -0.534. The van der Waals surface area contributed by atoms with Crippen molar-refractivity contribution in [3.63, 3.8) is 0 Å². The van der Waals surface area contributed by atoms with Crippen LogP contribution in [0.15, 0.2) is 78.9 Å². The third-order valence-electron chi connectivity index (χ3n) is 8.58. The van der Waals surface area contributed by atoms with Crippen LogP contribution >= 0.6 is 0 Å². The zero-order chi connectivity index (χ0) is 31.8. The Morgan fingerprint density at radius 1 is 0.891 bits per heavy atom. The molecule has 2 heterocycles. The zero-order valence-electron chi connectivity index (χ0n) is 25.0. The SMILES string of the molecule is COc1cc([C@@H]2c3cc4c(cc3[C@@H](Nc3ccc(F)cc3)[C@H]3COC(=O)[C@H]23)OCO4)cc(OC)c1OC(=O)OCc1ccccc1. The first-order valence-corrected chi connectivity index (χ1v) is 14.7. The number of fused-ring (bicyclic) bond motifs is 3. The molecule has 7 rings (SSSR count). The molecule has 236 valence electrons. The average molecular weight is 628 g/mol. The number of rotatable bonds is 8. The lowest BCUT2D eigenvalue weighted by Crippen LogP contribution is -2.37. The Morgan fingerprint density at radius 2 is 1.57 bits per heavy atom. The van der Waals surface area contributed by atoms with Gasteiger partial charge in [-0.05, 0) is 70.8 Å². The number of carbonyl (C=O) groups is 2.